The Morgan fingerprint density at radius 3 is 2.29 bits per heavy atom. The van der Waals surface area contributed by atoms with E-state index in [4.69, 9.17) is 0 Å². The molecule has 0 bridgehead atoms. The van der Waals surface area contributed by atoms with Crippen molar-refractivity contribution in [2.24, 2.45) is 0 Å². The average Bonchev–Trinajstić information content (AvgIpc) is 2.58. The minimum Gasteiger partial charge on any atom is -0.464 e. The van der Waals surface area contributed by atoms with Gasteiger partial charge >= 0.3 is 17.7 Å². The molecule has 14 heavy (non-hydrogen) atoms. The summed E-state index contributed by atoms with van der Waals surface area (Å²) in [6, 6.07) is 0. The van der Waals surface area contributed by atoms with Gasteiger partial charge in [-0.15, -0.1) is 0 Å². The molecule has 76 valence electrons. The second-order valence-corrected chi connectivity index (χ2v) is 2.20. The number of oxazole rings is 1. The molecule has 0 aliphatic heterocycles. The third-order valence-electron chi connectivity index (χ3n) is 1.41. The third kappa shape index (κ3) is 1.65. The third-order valence-corrected chi connectivity index (χ3v) is 1.41. The molecule has 1 N–H and O–H groups in total. The SMILES string of the molecule is COC(=O)c1[nH]c(=O)oc1C(=O)OC. The molecule has 0 aliphatic rings. The van der Waals surface area contributed by atoms with Crippen LogP contribution in [0.2, 0.25) is 0 Å². The Balaban J connectivity index is 3.22. The van der Waals surface area contributed by atoms with Crippen molar-refractivity contribution in [3.8, 4) is 0 Å². The Labute approximate surface area is 77.6 Å². The summed E-state index contributed by atoms with van der Waals surface area (Å²) in [6.45, 7) is 0. The first-order chi connectivity index (χ1) is 6.60. The second-order valence-electron chi connectivity index (χ2n) is 2.20. The molecule has 0 aliphatic carbocycles. The van der Waals surface area contributed by atoms with Gasteiger partial charge in [0.15, 0.2) is 5.69 Å². The number of ether oxygens (including phenoxy) is 2. The van der Waals surface area contributed by atoms with Crippen LogP contribution in [0.25, 0.3) is 0 Å². The topological polar surface area (TPSA) is 98.6 Å². The lowest BCUT2D eigenvalue weighted by atomic mass is 10.3. The second kappa shape index (κ2) is 3.77. The zero-order valence-corrected chi connectivity index (χ0v) is 7.45. The lowest BCUT2D eigenvalue weighted by Gasteiger charge is -1.96. The van der Waals surface area contributed by atoms with Crippen molar-refractivity contribution in [3.05, 3.63) is 22.0 Å². The number of nitrogens with one attached hydrogen (secondary N) is 1. The molecule has 0 fully saturated rings. The molecule has 0 aromatic carbocycles. The predicted octanol–water partition coefficient (Wildman–Crippen LogP) is -0.459. The van der Waals surface area contributed by atoms with E-state index < -0.39 is 23.5 Å². The summed E-state index contributed by atoms with van der Waals surface area (Å²) in [7, 11) is 2.20. The number of hydrogen-bond donors (Lipinski definition) is 1. The molecule has 0 saturated carbocycles. The lowest BCUT2D eigenvalue weighted by molar-refractivity contribution is 0.0525. The number of rotatable bonds is 2. The van der Waals surface area contributed by atoms with Crippen molar-refractivity contribution in [3.63, 3.8) is 0 Å². The van der Waals surface area contributed by atoms with Crippen LogP contribution in [0.1, 0.15) is 21.0 Å². The van der Waals surface area contributed by atoms with Gasteiger partial charge in [-0.25, -0.2) is 14.4 Å². The maximum absolute atomic E-state index is 11.0. The lowest BCUT2D eigenvalue weighted by Crippen LogP contribution is -2.10. The van der Waals surface area contributed by atoms with Crippen LogP contribution in [-0.2, 0) is 9.47 Å². The Kier molecular flexibility index (Phi) is 2.70. The number of aromatic amines is 1. The van der Waals surface area contributed by atoms with Crippen LogP contribution in [0.3, 0.4) is 0 Å². The zero-order chi connectivity index (χ0) is 10.7. The van der Waals surface area contributed by atoms with Gasteiger partial charge in [0.05, 0.1) is 14.2 Å². The molecule has 0 spiro atoms. The van der Waals surface area contributed by atoms with Crippen molar-refractivity contribution < 1.29 is 23.5 Å². The van der Waals surface area contributed by atoms with Gasteiger partial charge in [0.2, 0.25) is 5.76 Å². The molecule has 0 atom stereocenters. The highest BCUT2D eigenvalue weighted by molar-refractivity contribution is 5.99. The van der Waals surface area contributed by atoms with E-state index in [-0.39, 0.29) is 5.69 Å². The highest BCUT2D eigenvalue weighted by Crippen LogP contribution is 2.06. The maximum atomic E-state index is 11.0. The molecule has 7 heteroatoms. The number of carbonyl (C=O) groups excluding carboxylic acids is 2. The first-order valence-corrected chi connectivity index (χ1v) is 3.50. The number of hydrogen-bond acceptors (Lipinski definition) is 6. The summed E-state index contributed by atoms with van der Waals surface area (Å²) >= 11 is 0. The number of methoxy groups -OCH3 is 2. The molecule has 1 aromatic rings. The van der Waals surface area contributed by atoms with E-state index in [0.717, 1.165) is 14.2 Å². The highest BCUT2D eigenvalue weighted by atomic mass is 16.5. The van der Waals surface area contributed by atoms with Gasteiger partial charge in [-0.1, -0.05) is 0 Å². The Hall–Kier alpha value is -2.05. The van der Waals surface area contributed by atoms with Crippen LogP contribution in [0.4, 0.5) is 0 Å². The Morgan fingerprint density at radius 2 is 1.79 bits per heavy atom. The number of esters is 2. The van der Waals surface area contributed by atoms with Crippen molar-refractivity contribution in [1.82, 2.24) is 4.98 Å². The van der Waals surface area contributed by atoms with E-state index in [1.807, 2.05) is 4.98 Å². The fourth-order valence-corrected chi connectivity index (χ4v) is 0.810. The molecule has 0 saturated heterocycles. The summed E-state index contributed by atoms with van der Waals surface area (Å²) in [4.78, 5) is 34.7. The number of H-pyrrole nitrogens is 1. The fraction of sp³-hybridized carbons (Fsp3) is 0.286. The highest BCUT2D eigenvalue weighted by Gasteiger charge is 2.24. The van der Waals surface area contributed by atoms with Gasteiger partial charge in [-0.05, 0) is 0 Å². The van der Waals surface area contributed by atoms with E-state index in [1.165, 1.54) is 0 Å². The predicted molar refractivity (Wildman–Crippen MR) is 42.0 cm³/mol. The normalized spacial score (nSPS) is 9.57. The van der Waals surface area contributed by atoms with Gasteiger partial charge in [-0.2, -0.15) is 0 Å². The monoisotopic (exact) mass is 201 g/mol. The van der Waals surface area contributed by atoms with Crippen LogP contribution in [0, 0.1) is 0 Å². The molecule has 0 unspecified atom stereocenters. The minimum absolute atomic E-state index is 0.357. The van der Waals surface area contributed by atoms with Gasteiger partial charge in [0, 0.05) is 0 Å². The van der Waals surface area contributed by atoms with Crippen LogP contribution in [-0.4, -0.2) is 31.1 Å². The van der Waals surface area contributed by atoms with E-state index >= 15 is 0 Å². The molecule has 1 aromatic heterocycles. The average molecular weight is 201 g/mol. The van der Waals surface area contributed by atoms with Crippen molar-refractivity contribution >= 4 is 11.9 Å². The summed E-state index contributed by atoms with van der Waals surface area (Å²) in [5, 5.41) is 0. The van der Waals surface area contributed by atoms with Crippen LogP contribution >= 0.6 is 0 Å². The number of carbonyl (C=O) groups is 2. The van der Waals surface area contributed by atoms with Gasteiger partial charge in [0.1, 0.15) is 0 Å². The Morgan fingerprint density at radius 1 is 1.21 bits per heavy atom. The smallest absolute Gasteiger partial charge is 0.417 e. The van der Waals surface area contributed by atoms with E-state index in [2.05, 4.69) is 13.9 Å². The summed E-state index contributed by atoms with van der Waals surface area (Å²) < 4.78 is 13.0. The van der Waals surface area contributed by atoms with E-state index in [1.54, 1.807) is 0 Å². The molecular formula is C7H7NO6. The maximum Gasteiger partial charge on any atom is 0.417 e. The minimum atomic E-state index is -0.927. The molecule has 1 heterocycles. The Bertz CT molecular complexity index is 378. The summed E-state index contributed by atoms with van der Waals surface area (Å²) in [5.74, 6) is -3.23. The summed E-state index contributed by atoms with van der Waals surface area (Å²) in [5.41, 5.74) is -0.357. The molecule has 0 amide bonds. The summed E-state index contributed by atoms with van der Waals surface area (Å²) in [6.07, 6.45) is 0. The quantitative estimate of drug-likeness (QED) is 0.650. The molecule has 7 nitrogen and oxygen atoms in total. The molecule has 1 rings (SSSR count). The van der Waals surface area contributed by atoms with Crippen molar-refractivity contribution in [2.75, 3.05) is 14.2 Å². The van der Waals surface area contributed by atoms with E-state index in [0.29, 0.717) is 0 Å². The zero-order valence-electron chi connectivity index (χ0n) is 7.45. The standard InChI is InChI=1S/C7H7NO6/c1-12-5(9)3-4(6(10)13-2)14-7(11)8-3/h1-2H3,(H,8,11). The molecular weight excluding hydrogens is 194 g/mol. The largest absolute Gasteiger partial charge is 0.464 e. The first kappa shape index (κ1) is 10.0. The van der Waals surface area contributed by atoms with Gasteiger partial charge in [0.25, 0.3) is 0 Å². The number of aromatic nitrogens is 1. The fourth-order valence-electron chi connectivity index (χ4n) is 0.810. The van der Waals surface area contributed by atoms with E-state index in [9.17, 15) is 14.4 Å². The van der Waals surface area contributed by atoms with Crippen molar-refractivity contribution in [2.45, 2.75) is 0 Å². The first-order valence-electron chi connectivity index (χ1n) is 3.50. The van der Waals surface area contributed by atoms with Crippen LogP contribution < -0.4 is 5.76 Å². The van der Waals surface area contributed by atoms with Crippen LogP contribution in [0.15, 0.2) is 9.21 Å². The van der Waals surface area contributed by atoms with Gasteiger partial charge < -0.3 is 13.9 Å². The van der Waals surface area contributed by atoms with Crippen molar-refractivity contribution in [1.29, 1.82) is 0 Å². The van der Waals surface area contributed by atoms with Crippen LogP contribution in [0.5, 0.6) is 0 Å². The van der Waals surface area contributed by atoms with Gasteiger partial charge in [-0.3, -0.25) is 4.98 Å². The molecule has 0 radical (unpaired) electrons.